The summed E-state index contributed by atoms with van der Waals surface area (Å²) in [6, 6.07) is 6.89. The van der Waals surface area contributed by atoms with E-state index in [1.165, 1.54) is 17.5 Å². The molecule has 0 spiro atoms. The molecule has 1 aliphatic rings. The third-order valence-corrected chi connectivity index (χ3v) is 5.18. The molecule has 1 N–H and O–H groups in total. The highest BCUT2D eigenvalue weighted by atomic mass is 32.1. The van der Waals surface area contributed by atoms with E-state index in [1.54, 1.807) is 40.7 Å². The van der Waals surface area contributed by atoms with Gasteiger partial charge in [-0.05, 0) is 42.3 Å². The zero-order valence-electron chi connectivity index (χ0n) is 13.7. The molecule has 25 heavy (non-hydrogen) atoms. The summed E-state index contributed by atoms with van der Waals surface area (Å²) >= 11 is 1.28. The Kier molecular flexibility index (Phi) is 5.55. The molecule has 1 saturated heterocycles. The van der Waals surface area contributed by atoms with E-state index in [0.717, 1.165) is 12.8 Å². The number of ketones is 1. The van der Waals surface area contributed by atoms with Gasteiger partial charge < -0.3 is 10.2 Å². The molecule has 7 heteroatoms. The van der Waals surface area contributed by atoms with Crippen LogP contribution in [0.3, 0.4) is 0 Å². The van der Waals surface area contributed by atoms with Crippen molar-refractivity contribution in [3.05, 3.63) is 52.5 Å². The Bertz CT molecular complexity index is 738. The third kappa shape index (κ3) is 4.30. The van der Waals surface area contributed by atoms with Crippen molar-refractivity contribution >= 4 is 28.9 Å². The van der Waals surface area contributed by atoms with Crippen molar-refractivity contribution in [2.75, 3.05) is 19.6 Å². The van der Waals surface area contributed by atoms with E-state index >= 15 is 0 Å². The van der Waals surface area contributed by atoms with Crippen molar-refractivity contribution in [3.8, 4) is 0 Å². The minimum atomic E-state index is -0.432. The second-order valence-corrected chi connectivity index (χ2v) is 6.94. The highest BCUT2D eigenvalue weighted by Crippen LogP contribution is 2.18. The monoisotopic (exact) mass is 357 g/mol. The molecule has 6 nitrogen and oxygen atoms in total. The summed E-state index contributed by atoms with van der Waals surface area (Å²) in [7, 11) is 0. The molecule has 1 aliphatic heterocycles. The Labute approximate surface area is 149 Å². The van der Waals surface area contributed by atoms with Gasteiger partial charge in [0.05, 0.1) is 10.4 Å². The second-order valence-electron chi connectivity index (χ2n) is 5.99. The summed E-state index contributed by atoms with van der Waals surface area (Å²) in [4.78, 5) is 42.4. The number of nitrogens with one attached hydrogen (secondary N) is 1. The molecule has 0 saturated carbocycles. The molecule has 3 rings (SSSR count). The van der Waals surface area contributed by atoms with Gasteiger partial charge in [-0.3, -0.25) is 19.4 Å². The number of hydrogen-bond donors (Lipinski definition) is 1. The van der Waals surface area contributed by atoms with E-state index < -0.39 is 11.7 Å². The number of pyridine rings is 1. The number of aromatic nitrogens is 1. The first-order chi connectivity index (χ1) is 12.1. The Morgan fingerprint density at radius 3 is 2.64 bits per heavy atom. The first kappa shape index (κ1) is 17.3. The van der Waals surface area contributed by atoms with Gasteiger partial charge in [-0.1, -0.05) is 6.07 Å². The van der Waals surface area contributed by atoms with Crippen LogP contribution in [0, 0.1) is 5.92 Å². The molecular formula is C18H19N3O3S. The standard InChI is InChI=1S/C18H19N3O3S/c22-16(15-4-2-10-25-15)18(24)21-8-5-13(6-9-21)11-20-17(23)14-3-1-7-19-12-14/h1-4,7,10,12-13H,5-6,8-9,11H2,(H,20,23). The summed E-state index contributed by atoms with van der Waals surface area (Å²) in [6.07, 6.45) is 4.71. The first-order valence-corrected chi connectivity index (χ1v) is 9.08. The molecule has 0 bridgehead atoms. The molecule has 0 unspecified atom stereocenters. The minimum absolute atomic E-state index is 0.139. The van der Waals surface area contributed by atoms with Gasteiger partial charge in [0.15, 0.2) is 0 Å². The maximum Gasteiger partial charge on any atom is 0.295 e. The molecule has 0 aliphatic carbocycles. The minimum Gasteiger partial charge on any atom is -0.352 e. The number of likely N-dealkylation sites (tertiary alicyclic amines) is 1. The van der Waals surface area contributed by atoms with Gasteiger partial charge in [0, 0.05) is 32.0 Å². The Hall–Kier alpha value is -2.54. The van der Waals surface area contributed by atoms with Crippen LogP contribution in [0.4, 0.5) is 0 Å². The lowest BCUT2D eigenvalue weighted by Gasteiger charge is -2.31. The van der Waals surface area contributed by atoms with Crippen LogP contribution < -0.4 is 5.32 Å². The molecule has 0 atom stereocenters. The number of Topliss-reactive ketones (excluding diaryl/α,β-unsaturated/α-hetero) is 1. The third-order valence-electron chi connectivity index (χ3n) is 4.32. The normalized spacial score (nSPS) is 15.0. The van der Waals surface area contributed by atoms with Crippen LogP contribution in [-0.4, -0.2) is 47.1 Å². The lowest BCUT2D eigenvalue weighted by molar-refractivity contribution is -0.127. The predicted molar refractivity (Wildman–Crippen MR) is 94.5 cm³/mol. The zero-order chi connectivity index (χ0) is 17.6. The second kappa shape index (κ2) is 8.02. The summed E-state index contributed by atoms with van der Waals surface area (Å²) < 4.78 is 0. The van der Waals surface area contributed by atoms with Crippen molar-refractivity contribution < 1.29 is 14.4 Å². The maximum atomic E-state index is 12.3. The fraction of sp³-hybridized carbons (Fsp3) is 0.333. The van der Waals surface area contributed by atoms with Crippen LogP contribution >= 0.6 is 11.3 Å². The van der Waals surface area contributed by atoms with Crippen molar-refractivity contribution in [3.63, 3.8) is 0 Å². The molecule has 3 heterocycles. The fourth-order valence-corrected chi connectivity index (χ4v) is 3.49. The van der Waals surface area contributed by atoms with Crippen LogP contribution in [0.1, 0.15) is 32.9 Å². The number of piperidine rings is 1. The molecule has 2 aromatic heterocycles. The van der Waals surface area contributed by atoms with Crippen LogP contribution in [0.15, 0.2) is 42.0 Å². The smallest absolute Gasteiger partial charge is 0.295 e. The van der Waals surface area contributed by atoms with Gasteiger partial charge in [-0.15, -0.1) is 11.3 Å². The predicted octanol–water partition coefficient (Wildman–Crippen LogP) is 1.99. The molecule has 2 aromatic rings. The van der Waals surface area contributed by atoms with Crippen LogP contribution in [0.25, 0.3) is 0 Å². The largest absolute Gasteiger partial charge is 0.352 e. The number of thiophene rings is 1. The van der Waals surface area contributed by atoms with E-state index in [0.29, 0.717) is 36.0 Å². The lowest BCUT2D eigenvalue weighted by atomic mass is 9.96. The molecule has 1 fully saturated rings. The van der Waals surface area contributed by atoms with Gasteiger partial charge in [0.2, 0.25) is 0 Å². The van der Waals surface area contributed by atoms with Crippen molar-refractivity contribution in [1.82, 2.24) is 15.2 Å². The average Bonchev–Trinajstić information content (AvgIpc) is 3.21. The van der Waals surface area contributed by atoms with E-state index in [2.05, 4.69) is 10.3 Å². The van der Waals surface area contributed by atoms with E-state index in [1.807, 2.05) is 0 Å². The van der Waals surface area contributed by atoms with Gasteiger partial charge >= 0.3 is 0 Å². The summed E-state index contributed by atoms with van der Waals surface area (Å²) in [5.74, 6) is -0.695. The van der Waals surface area contributed by atoms with Gasteiger partial charge in [0.1, 0.15) is 0 Å². The number of amides is 2. The summed E-state index contributed by atoms with van der Waals surface area (Å²) in [5.41, 5.74) is 0.539. The van der Waals surface area contributed by atoms with Crippen LogP contribution in [-0.2, 0) is 4.79 Å². The Morgan fingerprint density at radius 1 is 1.20 bits per heavy atom. The molecule has 0 radical (unpaired) electrons. The highest BCUT2D eigenvalue weighted by Gasteiger charge is 2.28. The van der Waals surface area contributed by atoms with Crippen molar-refractivity contribution in [2.45, 2.75) is 12.8 Å². The van der Waals surface area contributed by atoms with Crippen LogP contribution in [0.2, 0.25) is 0 Å². The molecular weight excluding hydrogens is 338 g/mol. The lowest BCUT2D eigenvalue weighted by Crippen LogP contribution is -2.44. The zero-order valence-corrected chi connectivity index (χ0v) is 14.5. The quantitative estimate of drug-likeness (QED) is 0.656. The van der Waals surface area contributed by atoms with Crippen molar-refractivity contribution in [1.29, 1.82) is 0 Å². The maximum absolute atomic E-state index is 12.3. The van der Waals surface area contributed by atoms with E-state index in [-0.39, 0.29) is 5.91 Å². The van der Waals surface area contributed by atoms with Crippen LogP contribution in [0.5, 0.6) is 0 Å². The van der Waals surface area contributed by atoms with Gasteiger partial charge in [-0.25, -0.2) is 0 Å². The molecule has 0 aromatic carbocycles. The first-order valence-electron chi connectivity index (χ1n) is 8.20. The topological polar surface area (TPSA) is 79.4 Å². The number of carbonyl (C=O) groups is 3. The summed E-state index contributed by atoms with van der Waals surface area (Å²) in [5, 5.41) is 4.70. The molecule has 130 valence electrons. The SMILES string of the molecule is O=C(NCC1CCN(C(=O)C(=O)c2cccs2)CC1)c1cccnc1. The number of nitrogens with zero attached hydrogens (tertiary/aromatic N) is 2. The van der Waals surface area contributed by atoms with Gasteiger partial charge in [0.25, 0.3) is 17.6 Å². The van der Waals surface area contributed by atoms with Crippen molar-refractivity contribution in [2.24, 2.45) is 5.92 Å². The highest BCUT2D eigenvalue weighted by molar-refractivity contribution is 7.13. The Morgan fingerprint density at radius 2 is 2.00 bits per heavy atom. The molecule has 2 amide bonds. The van der Waals surface area contributed by atoms with Gasteiger partial charge in [-0.2, -0.15) is 0 Å². The average molecular weight is 357 g/mol. The number of carbonyl (C=O) groups excluding carboxylic acids is 3. The number of hydrogen-bond acceptors (Lipinski definition) is 5. The number of rotatable bonds is 5. The fourth-order valence-electron chi connectivity index (χ4n) is 2.83. The van der Waals surface area contributed by atoms with E-state index in [4.69, 9.17) is 0 Å². The Balaban J connectivity index is 1.45. The van der Waals surface area contributed by atoms with E-state index in [9.17, 15) is 14.4 Å². The summed E-state index contributed by atoms with van der Waals surface area (Å²) in [6.45, 7) is 1.65.